The molecule has 0 aliphatic rings. The minimum Gasteiger partial charge on any atom is -0.481 e. The van der Waals surface area contributed by atoms with Gasteiger partial charge in [0.05, 0.1) is 18.7 Å². The Bertz CT molecular complexity index is 590. The molecule has 4 heteroatoms. The third kappa shape index (κ3) is 2.38. The normalized spacial score (nSPS) is 9.71. The average Bonchev–Trinajstić information content (AvgIpc) is 2.37. The van der Waals surface area contributed by atoms with Gasteiger partial charge in [-0.25, -0.2) is 4.98 Å². The lowest BCUT2D eigenvalue weighted by atomic mass is 10.0. The van der Waals surface area contributed by atoms with Gasteiger partial charge in [0, 0.05) is 16.8 Å². The summed E-state index contributed by atoms with van der Waals surface area (Å²) in [5.74, 6) is 0.513. The molecule has 0 aliphatic carbocycles. The van der Waals surface area contributed by atoms with Crippen LogP contribution in [-0.4, -0.2) is 12.1 Å². The van der Waals surface area contributed by atoms with E-state index in [4.69, 9.17) is 21.6 Å². The summed E-state index contributed by atoms with van der Waals surface area (Å²) in [7, 11) is 1.56. The fraction of sp³-hybridized carbons (Fsp3) is 0.0769. The van der Waals surface area contributed by atoms with Crippen molar-refractivity contribution in [3.63, 3.8) is 0 Å². The molecule has 1 aromatic carbocycles. The highest BCUT2D eigenvalue weighted by Gasteiger charge is 2.08. The molecule has 0 unspecified atom stereocenters. The number of pyridine rings is 1. The van der Waals surface area contributed by atoms with E-state index in [2.05, 4.69) is 11.1 Å². The lowest BCUT2D eigenvalue weighted by Gasteiger charge is -2.07. The summed E-state index contributed by atoms with van der Waals surface area (Å²) in [6.45, 7) is 0. The topological polar surface area (TPSA) is 45.9 Å². The summed E-state index contributed by atoms with van der Waals surface area (Å²) in [6, 6.07) is 10.9. The largest absolute Gasteiger partial charge is 0.481 e. The van der Waals surface area contributed by atoms with Crippen molar-refractivity contribution in [2.45, 2.75) is 0 Å². The number of aromatic nitrogens is 1. The zero-order chi connectivity index (χ0) is 12.3. The number of ether oxygens (including phenoxy) is 1. The SMILES string of the molecule is COc1ncccc1-c1cc(Cl)cc(C#N)c1. The zero-order valence-corrected chi connectivity index (χ0v) is 9.90. The van der Waals surface area contributed by atoms with E-state index in [-0.39, 0.29) is 0 Å². The Labute approximate surface area is 104 Å². The van der Waals surface area contributed by atoms with E-state index < -0.39 is 0 Å². The van der Waals surface area contributed by atoms with Gasteiger partial charge >= 0.3 is 0 Å². The van der Waals surface area contributed by atoms with Gasteiger partial charge in [0.1, 0.15) is 0 Å². The van der Waals surface area contributed by atoms with Gasteiger partial charge in [-0.2, -0.15) is 5.26 Å². The van der Waals surface area contributed by atoms with Crippen LogP contribution in [0.4, 0.5) is 0 Å². The van der Waals surface area contributed by atoms with Crippen LogP contribution in [0.15, 0.2) is 36.5 Å². The Morgan fingerprint density at radius 3 is 2.88 bits per heavy atom. The fourth-order valence-corrected chi connectivity index (χ4v) is 1.82. The van der Waals surface area contributed by atoms with Crippen molar-refractivity contribution >= 4 is 11.6 Å². The Morgan fingerprint density at radius 1 is 1.35 bits per heavy atom. The van der Waals surface area contributed by atoms with Gasteiger partial charge in [-0.15, -0.1) is 0 Å². The van der Waals surface area contributed by atoms with Crippen LogP contribution in [0.5, 0.6) is 5.88 Å². The molecule has 17 heavy (non-hydrogen) atoms. The van der Waals surface area contributed by atoms with Crippen molar-refractivity contribution in [3.8, 4) is 23.1 Å². The van der Waals surface area contributed by atoms with Crippen molar-refractivity contribution in [3.05, 3.63) is 47.1 Å². The number of methoxy groups -OCH3 is 1. The standard InChI is InChI=1S/C13H9ClN2O/c1-17-13-12(3-2-4-16-13)10-5-9(8-15)6-11(14)7-10/h2-7H,1H3. The number of halogens is 1. The minimum atomic E-state index is 0.512. The summed E-state index contributed by atoms with van der Waals surface area (Å²) in [6.07, 6.45) is 1.65. The molecule has 1 aromatic heterocycles. The van der Waals surface area contributed by atoms with Gasteiger partial charge in [0.2, 0.25) is 5.88 Å². The van der Waals surface area contributed by atoms with Crippen LogP contribution in [0.2, 0.25) is 5.02 Å². The zero-order valence-electron chi connectivity index (χ0n) is 9.14. The Balaban J connectivity index is 2.60. The molecule has 0 N–H and O–H groups in total. The molecule has 0 bridgehead atoms. The summed E-state index contributed by atoms with van der Waals surface area (Å²) < 4.78 is 5.18. The number of hydrogen-bond donors (Lipinski definition) is 0. The Hall–Kier alpha value is -2.05. The maximum atomic E-state index is 8.90. The van der Waals surface area contributed by atoms with Gasteiger partial charge < -0.3 is 4.74 Å². The second-order valence-corrected chi connectivity index (χ2v) is 3.84. The van der Waals surface area contributed by atoms with E-state index in [0.717, 1.165) is 11.1 Å². The molecule has 84 valence electrons. The van der Waals surface area contributed by atoms with Gasteiger partial charge in [0.25, 0.3) is 0 Å². The van der Waals surface area contributed by atoms with Crippen molar-refractivity contribution in [2.75, 3.05) is 7.11 Å². The first-order valence-corrected chi connectivity index (χ1v) is 5.32. The van der Waals surface area contributed by atoms with Crippen LogP contribution < -0.4 is 4.74 Å². The maximum absolute atomic E-state index is 8.90. The predicted molar refractivity (Wildman–Crippen MR) is 66.0 cm³/mol. The predicted octanol–water partition coefficient (Wildman–Crippen LogP) is 3.28. The summed E-state index contributed by atoms with van der Waals surface area (Å²) >= 11 is 5.96. The van der Waals surface area contributed by atoms with Crippen molar-refractivity contribution in [1.29, 1.82) is 5.26 Å². The Morgan fingerprint density at radius 2 is 2.18 bits per heavy atom. The van der Waals surface area contributed by atoms with Crippen LogP contribution in [0.25, 0.3) is 11.1 Å². The molecule has 0 saturated heterocycles. The number of nitriles is 1. The van der Waals surface area contributed by atoms with Crippen LogP contribution in [-0.2, 0) is 0 Å². The fourth-order valence-electron chi connectivity index (χ4n) is 1.58. The molecule has 0 fully saturated rings. The maximum Gasteiger partial charge on any atom is 0.221 e. The quantitative estimate of drug-likeness (QED) is 0.814. The first kappa shape index (κ1) is 11.4. The summed E-state index contributed by atoms with van der Waals surface area (Å²) in [4.78, 5) is 4.11. The van der Waals surface area contributed by atoms with Crippen molar-refractivity contribution in [2.24, 2.45) is 0 Å². The highest BCUT2D eigenvalue weighted by Crippen LogP contribution is 2.30. The van der Waals surface area contributed by atoms with E-state index in [1.54, 1.807) is 31.5 Å². The second-order valence-electron chi connectivity index (χ2n) is 3.40. The summed E-state index contributed by atoms with van der Waals surface area (Å²) in [5, 5.41) is 9.42. The highest BCUT2D eigenvalue weighted by molar-refractivity contribution is 6.31. The van der Waals surface area contributed by atoms with Crippen LogP contribution in [0.3, 0.4) is 0 Å². The molecule has 0 aliphatic heterocycles. The smallest absolute Gasteiger partial charge is 0.221 e. The van der Waals surface area contributed by atoms with E-state index in [1.807, 2.05) is 12.1 Å². The first-order chi connectivity index (χ1) is 8.24. The number of benzene rings is 1. The first-order valence-electron chi connectivity index (χ1n) is 4.94. The number of nitrogens with zero attached hydrogens (tertiary/aromatic N) is 2. The second kappa shape index (κ2) is 4.86. The van der Waals surface area contributed by atoms with Gasteiger partial charge in [-0.3, -0.25) is 0 Å². The van der Waals surface area contributed by atoms with Crippen LogP contribution in [0.1, 0.15) is 5.56 Å². The molecule has 2 aromatic rings. The van der Waals surface area contributed by atoms with E-state index >= 15 is 0 Å². The Kier molecular flexibility index (Phi) is 3.27. The molecule has 3 nitrogen and oxygen atoms in total. The van der Waals surface area contributed by atoms with Crippen LogP contribution in [0, 0.1) is 11.3 Å². The molecular weight excluding hydrogens is 236 g/mol. The molecule has 2 rings (SSSR count). The molecule has 1 heterocycles. The highest BCUT2D eigenvalue weighted by atomic mass is 35.5. The van der Waals surface area contributed by atoms with E-state index in [9.17, 15) is 0 Å². The van der Waals surface area contributed by atoms with Gasteiger partial charge in [-0.1, -0.05) is 11.6 Å². The molecule has 0 spiro atoms. The van der Waals surface area contributed by atoms with Crippen molar-refractivity contribution < 1.29 is 4.74 Å². The number of hydrogen-bond acceptors (Lipinski definition) is 3. The van der Waals surface area contributed by atoms with Crippen molar-refractivity contribution in [1.82, 2.24) is 4.98 Å². The summed E-state index contributed by atoms with van der Waals surface area (Å²) in [5.41, 5.74) is 2.14. The third-order valence-corrected chi connectivity index (χ3v) is 2.52. The lowest BCUT2D eigenvalue weighted by molar-refractivity contribution is 0.399. The van der Waals surface area contributed by atoms with Gasteiger partial charge in [-0.05, 0) is 35.9 Å². The van der Waals surface area contributed by atoms with E-state index in [0.29, 0.717) is 16.5 Å². The van der Waals surface area contributed by atoms with Crippen LogP contribution >= 0.6 is 11.6 Å². The van der Waals surface area contributed by atoms with Gasteiger partial charge in [0.15, 0.2) is 0 Å². The average molecular weight is 245 g/mol. The molecular formula is C13H9ClN2O. The lowest BCUT2D eigenvalue weighted by Crippen LogP contribution is -1.91. The molecule has 0 saturated carbocycles. The third-order valence-electron chi connectivity index (χ3n) is 2.30. The minimum absolute atomic E-state index is 0.512. The molecule has 0 amide bonds. The monoisotopic (exact) mass is 244 g/mol. The van der Waals surface area contributed by atoms with E-state index in [1.165, 1.54) is 0 Å². The number of rotatable bonds is 2. The molecule has 0 atom stereocenters. The molecule has 0 radical (unpaired) electrons.